The van der Waals surface area contributed by atoms with Crippen LogP contribution in [0.15, 0.2) is 12.1 Å². The molecular weight excluding hydrogens is 247 g/mol. The van der Waals surface area contributed by atoms with Gasteiger partial charge >= 0.3 is 0 Å². The van der Waals surface area contributed by atoms with Crippen molar-refractivity contribution in [3.63, 3.8) is 0 Å². The first-order valence-corrected chi connectivity index (χ1v) is 6.24. The number of hydrogen-bond acceptors (Lipinski definition) is 3. The van der Waals surface area contributed by atoms with E-state index in [4.69, 9.17) is 9.47 Å². The maximum Gasteiger partial charge on any atom is 0.134 e. The Hall–Kier alpha value is -1.29. The number of alkyl halides is 1. The van der Waals surface area contributed by atoms with Crippen molar-refractivity contribution < 1.29 is 19.0 Å². The topological polar surface area (TPSA) is 38.7 Å². The Morgan fingerprint density at radius 2 is 1.42 bits per heavy atom. The molecule has 0 saturated carbocycles. The van der Waals surface area contributed by atoms with E-state index < -0.39 is 11.1 Å². The molecule has 0 bridgehead atoms. The van der Waals surface area contributed by atoms with Crippen LogP contribution in [0.1, 0.15) is 38.8 Å². The zero-order valence-electron chi connectivity index (χ0n) is 12.5. The average molecular weight is 270 g/mol. The minimum absolute atomic E-state index is 0.0368. The van der Waals surface area contributed by atoms with Crippen molar-refractivity contribution in [1.82, 2.24) is 0 Å². The van der Waals surface area contributed by atoms with E-state index in [1.165, 1.54) is 28.1 Å². The molecule has 0 aliphatic carbocycles. The van der Waals surface area contributed by atoms with E-state index in [-0.39, 0.29) is 6.61 Å². The SMILES string of the molecule is COc1cc(C(C)(C)CO)c(OC)cc1C(C)(C)F. The number of ether oxygens (including phenoxy) is 2. The number of benzene rings is 1. The predicted molar refractivity (Wildman–Crippen MR) is 73.8 cm³/mol. The van der Waals surface area contributed by atoms with Gasteiger partial charge in [-0.2, -0.15) is 0 Å². The van der Waals surface area contributed by atoms with Crippen LogP contribution in [0.25, 0.3) is 0 Å². The number of methoxy groups -OCH3 is 2. The Balaban J connectivity index is 3.53. The van der Waals surface area contributed by atoms with Crippen LogP contribution in [0.5, 0.6) is 11.5 Å². The van der Waals surface area contributed by atoms with E-state index in [1.807, 2.05) is 13.8 Å². The lowest BCUT2D eigenvalue weighted by Crippen LogP contribution is -2.24. The summed E-state index contributed by atoms with van der Waals surface area (Å²) in [6.07, 6.45) is 0. The fourth-order valence-electron chi connectivity index (χ4n) is 1.98. The highest BCUT2D eigenvalue weighted by atomic mass is 19.1. The van der Waals surface area contributed by atoms with Crippen molar-refractivity contribution in [2.45, 2.75) is 38.8 Å². The zero-order valence-corrected chi connectivity index (χ0v) is 12.5. The summed E-state index contributed by atoms with van der Waals surface area (Å²) in [6, 6.07) is 3.39. The molecule has 1 aromatic carbocycles. The van der Waals surface area contributed by atoms with Gasteiger partial charge in [0.25, 0.3) is 0 Å². The van der Waals surface area contributed by atoms with Crippen molar-refractivity contribution in [1.29, 1.82) is 0 Å². The first-order valence-electron chi connectivity index (χ1n) is 6.24. The average Bonchev–Trinajstić information content (AvgIpc) is 2.35. The largest absolute Gasteiger partial charge is 0.496 e. The minimum atomic E-state index is -1.53. The van der Waals surface area contributed by atoms with Gasteiger partial charge in [0.05, 0.1) is 20.8 Å². The second-order valence-electron chi connectivity index (χ2n) is 5.77. The van der Waals surface area contributed by atoms with Crippen LogP contribution in [0.2, 0.25) is 0 Å². The summed E-state index contributed by atoms with van der Waals surface area (Å²) < 4.78 is 24.8. The van der Waals surface area contributed by atoms with Crippen molar-refractivity contribution in [3.8, 4) is 11.5 Å². The Morgan fingerprint density at radius 1 is 1.00 bits per heavy atom. The third-order valence-corrected chi connectivity index (χ3v) is 3.29. The second kappa shape index (κ2) is 5.37. The summed E-state index contributed by atoms with van der Waals surface area (Å²) in [4.78, 5) is 0. The molecule has 1 aromatic rings. The van der Waals surface area contributed by atoms with E-state index in [0.29, 0.717) is 17.1 Å². The van der Waals surface area contributed by atoms with Gasteiger partial charge in [-0.3, -0.25) is 0 Å². The number of rotatable bonds is 5. The molecule has 108 valence electrons. The highest BCUT2D eigenvalue weighted by Crippen LogP contribution is 2.41. The maximum absolute atomic E-state index is 14.2. The molecule has 1 rings (SSSR count). The third-order valence-electron chi connectivity index (χ3n) is 3.29. The summed E-state index contributed by atoms with van der Waals surface area (Å²) >= 11 is 0. The van der Waals surface area contributed by atoms with Gasteiger partial charge in [-0.25, -0.2) is 4.39 Å². The molecule has 3 nitrogen and oxygen atoms in total. The van der Waals surface area contributed by atoms with Crippen molar-refractivity contribution in [3.05, 3.63) is 23.3 Å². The molecule has 4 heteroatoms. The van der Waals surface area contributed by atoms with E-state index in [9.17, 15) is 9.50 Å². The fraction of sp³-hybridized carbons (Fsp3) is 0.600. The molecule has 0 aliphatic heterocycles. The Bertz CT molecular complexity index is 447. The van der Waals surface area contributed by atoms with Crippen LogP contribution in [-0.4, -0.2) is 25.9 Å². The monoisotopic (exact) mass is 270 g/mol. The highest BCUT2D eigenvalue weighted by molar-refractivity contribution is 5.51. The standard InChI is InChI=1S/C15H23FO3/c1-14(2,9-17)10-7-13(19-6)11(15(3,4)16)8-12(10)18-5/h7-8,17H,9H2,1-6H3. The Kier molecular flexibility index (Phi) is 4.46. The van der Waals surface area contributed by atoms with Gasteiger partial charge in [-0.05, 0) is 26.0 Å². The quantitative estimate of drug-likeness (QED) is 0.893. The molecule has 0 aromatic heterocycles. The lowest BCUT2D eigenvalue weighted by atomic mass is 9.83. The van der Waals surface area contributed by atoms with Gasteiger partial charge in [-0.15, -0.1) is 0 Å². The van der Waals surface area contributed by atoms with Gasteiger partial charge in [0.1, 0.15) is 17.2 Å². The molecule has 0 aliphatic rings. The van der Waals surface area contributed by atoms with E-state index in [2.05, 4.69) is 0 Å². The lowest BCUT2D eigenvalue weighted by Gasteiger charge is -2.28. The van der Waals surface area contributed by atoms with Crippen molar-refractivity contribution >= 4 is 0 Å². The van der Waals surface area contributed by atoms with Gasteiger partial charge in [0, 0.05) is 16.5 Å². The van der Waals surface area contributed by atoms with Crippen LogP contribution in [0.3, 0.4) is 0 Å². The molecule has 0 unspecified atom stereocenters. The van der Waals surface area contributed by atoms with Crippen LogP contribution in [-0.2, 0) is 11.1 Å². The molecule has 0 amide bonds. The Morgan fingerprint density at radius 3 is 1.79 bits per heavy atom. The summed E-state index contributed by atoms with van der Waals surface area (Å²) in [5, 5.41) is 9.49. The van der Waals surface area contributed by atoms with E-state index in [0.717, 1.165) is 5.56 Å². The molecule has 0 saturated heterocycles. The molecule has 1 N–H and O–H groups in total. The molecule has 0 spiro atoms. The number of aliphatic hydroxyl groups excluding tert-OH is 1. The summed E-state index contributed by atoms with van der Waals surface area (Å²) in [5.74, 6) is 1.02. The highest BCUT2D eigenvalue weighted by Gasteiger charge is 2.30. The van der Waals surface area contributed by atoms with Gasteiger partial charge < -0.3 is 14.6 Å². The molecule has 19 heavy (non-hydrogen) atoms. The first-order chi connectivity index (χ1) is 8.67. The van der Waals surface area contributed by atoms with Gasteiger partial charge in [-0.1, -0.05) is 13.8 Å². The van der Waals surface area contributed by atoms with Gasteiger partial charge in [0.15, 0.2) is 0 Å². The number of halogens is 1. The predicted octanol–water partition coefficient (Wildman–Crippen LogP) is 3.18. The van der Waals surface area contributed by atoms with Crippen LogP contribution in [0, 0.1) is 0 Å². The van der Waals surface area contributed by atoms with Crippen LogP contribution >= 0.6 is 0 Å². The summed E-state index contributed by atoms with van der Waals surface area (Å²) in [5.41, 5.74) is -0.787. The van der Waals surface area contributed by atoms with E-state index in [1.54, 1.807) is 12.1 Å². The number of hydrogen-bond donors (Lipinski definition) is 1. The second-order valence-corrected chi connectivity index (χ2v) is 5.77. The lowest BCUT2D eigenvalue weighted by molar-refractivity contribution is 0.207. The number of aliphatic hydroxyl groups is 1. The third kappa shape index (κ3) is 3.18. The molecule has 0 atom stereocenters. The first kappa shape index (κ1) is 15.8. The zero-order chi connectivity index (χ0) is 14.8. The molecule has 0 radical (unpaired) electrons. The smallest absolute Gasteiger partial charge is 0.134 e. The molecule has 0 heterocycles. The normalized spacial score (nSPS) is 12.4. The van der Waals surface area contributed by atoms with Gasteiger partial charge in [0.2, 0.25) is 0 Å². The fourth-order valence-corrected chi connectivity index (χ4v) is 1.98. The maximum atomic E-state index is 14.2. The van der Waals surface area contributed by atoms with Crippen LogP contribution in [0.4, 0.5) is 4.39 Å². The minimum Gasteiger partial charge on any atom is -0.496 e. The Labute approximate surface area is 114 Å². The molecular formula is C15H23FO3. The van der Waals surface area contributed by atoms with Crippen molar-refractivity contribution in [2.24, 2.45) is 0 Å². The van der Waals surface area contributed by atoms with Crippen molar-refractivity contribution in [2.75, 3.05) is 20.8 Å². The summed E-state index contributed by atoms with van der Waals surface area (Å²) in [6.45, 7) is 6.70. The molecule has 0 fully saturated rings. The summed E-state index contributed by atoms with van der Waals surface area (Å²) in [7, 11) is 3.04. The van der Waals surface area contributed by atoms with Crippen LogP contribution < -0.4 is 9.47 Å². The van der Waals surface area contributed by atoms with E-state index >= 15 is 0 Å².